The molecule has 1 aromatic carbocycles. The smallest absolute Gasteiger partial charge is 0.253 e. The number of anilines is 1. The number of nitrogens with zero attached hydrogens (tertiary/aromatic N) is 1. The maximum atomic E-state index is 12.1. The average Bonchev–Trinajstić information content (AvgIpc) is 2.46. The first kappa shape index (κ1) is 13.7. The maximum Gasteiger partial charge on any atom is 0.253 e. The number of carbonyl (C=O) groups excluding carboxylic acids is 2. The van der Waals surface area contributed by atoms with E-state index in [1.165, 1.54) is 6.92 Å². The van der Waals surface area contributed by atoms with Crippen molar-refractivity contribution in [2.45, 2.75) is 13.5 Å². The standard InChI is InChI=1S/C15H15N3O2/c1-11(19)18-14-8-3-2-7-13(14)15(20)17-10-12-6-4-5-9-16-12/h2-9H,10H2,1H3,(H,17,20)(H,18,19). The largest absolute Gasteiger partial charge is 0.346 e. The second kappa shape index (κ2) is 6.47. The third-order valence-electron chi connectivity index (χ3n) is 2.64. The molecule has 5 nitrogen and oxygen atoms in total. The molecule has 0 radical (unpaired) electrons. The van der Waals surface area contributed by atoms with E-state index in [2.05, 4.69) is 15.6 Å². The Balaban J connectivity index is 2.07. The molecule has 2 aromatic rings. The lowest BCUT2D eigenvalue weighted by Crippen LogP contribution is -2.24. The third kappa shape index (κ3) is 3.65. The highest BCUT2D eigenvalue weighted by Crippen LogP contribution is 2.14. The number of pyridine rings is 1. The summed E-state index contributed by atoms with van der Waals surface area (Å²) in [5.41, 5.74) is 1.70. The fourth-order valence-corrected chi connectivity index (χ4v) is 1.75. The minimum Gasteiger partial charge on any atom is -0.346 e. The number of carbonyl (C=O) groups is 2. The molecule has 0 saturated heterocycles. The molecule has 0 spiro atoms. The molecule has 0 aliphatic heterocycles. The molecular formula is C15H15N3O2. The van der Waals surface area contributed by atoms with Crippen LogP contribution in [-0.4, -0.2) is 16.8 Å². The first-order valence-electron chi connectivity index (χ1n) is 6.21. The van der Waals surface area contributed by atoms with Crippen LogP contribution in [0.2, 0.25) is 0 Å². The lowest BCUT2D eigenvalue weighted by Gasteiger charge is -2.10. The van der Waals surface area contributed by atoms with Crippen LogP contribution >= 0.6 is 0 Å². The molecule has 1 heterocycles. The number of amides is 2. The van der Waals surface area contributed by atoms with Gasteiger partial charge in [-0.05, 0) is 24.3 Å². The van der Waals surface area contributed by atoms with Crippen molar-refractivity contribution in [2.75, 3.05) is 5.32 Å². The molecule has 2 N–H and O–H groups in total. The quantitative estimate of drug-likeness (QED) is 0.891. The summed E-state index contributed by atoms with van der Waals surface area (Å²) in [5.74, 6) is -0.463. The molecule has 2 amide bonds. The predicted molar refractivity (Wildman–Crippen MR) is 76.2 cm³/mol. The van der Waals surface area contributed by atoms with Gasteiger partial charge in [0.2, 0.25) is 5.91 Å². The molecule has 2 rings (SSSR count). The van der Waals surface area contributed by atoms with Crippen molar-refractivity contribution < 1.29 is 9.59 Å². The Hall–Kier alpha value is -2.69. The summed E-state index contributed by atoms with van der Waals surface area (Å²) < 4.78 is 0. The van der Waals surface area contributed by atoms with Gasteiger partial charge >= 0.3 is 0 Å². The lowest BCUT2D eigenvalue weighted by atomic mass is 10.1. The van der Waals surface area contributed by atoms with Crippen LogP contribution in [0, 0.1) is 0 Å². The molecular weight excluding hydrogens is 254 g/mol. The number of hydrogen-bond acceptors (Lipinski definition) is 3. The van der Waals surface area contributed by atoms with Gasteiger partial charge < -0.3 is 10.6 Å². The highest BCUT2D eigenvalue weighted by atomic mass is 16.2. The molecule has 1 aromatic heterocycles. The van der Waals surface area contributed by atoms with E-state index >= 15 is 0 Å². The summed E-state index contributed by atoms with van der Waals surface area (Å²) in [7, 11) is 0. The monoisotopic (exact) mass is 269 g/mol. The van der Waals surface area contributed by atoms with Crippen LogP contribution in [0.25, 0.3) is 0 Å². The van der Waals surface area contributed by atoms with Gasteiger partial charge in [-0.1, -0.05) is 18.2 Å². The van der Waals surface area contributed by atoms with Gasteiger partial charge in [-0.15, -0.1) is 0 Å². The summed E-state index contributed by atoms with van der Waals surface area (Å²) in [5, 5.41) is 5.41. The van der Waals surface area contributed by atoms with Crippen molar-refractivity contribution >= 4 is 17.5 Å². The number of hydrogen-bond donors (Lipinski definition) is 2. The number of nitrogens with one attached hydrogen (secondary N) is 2. The fraction of sp³-hybridized carbons (Fsp3) is 0.133. The van der Waals surface area contributed by atoms with Gasteiger partial charge in [-0.3, -0.25) is 14.6 Å². The zero-order chi connectivity index (χ0) is 14.4. The second-order valence-corrected chi connectivity index (χ2v) is 4.23. The number of aromatic nitrogens is 1. The molecule has 0 fully saturated rings. The molecule has 102 valence electrons. The Morgan fingerprint density at radius 1 is 1.10 bits per heavy atom. The minimum atomic E-state index is -0.250. The normalized spacial score (nSPS) is 9.85. The van der Waals surface area contributed by atoms with Gasteiger partial charge in [-0.25, -0.2) is 0 Å². The number of benzene rings is 1. The van der Waals surface area contributed by atoms with Crippen molar-refractivity contribution in [3.05, 3.63) is 59.9 Å². The van der Waals surface area contributed by atoms with Crippen molar-refractivity contribution in [1.82, 2.24) is 10.3 Å². The predicted octanol–water partition coefficient (Wildman–Crippen LogP) is 1.97. The average molecular weight is 269 g/mol. The van der Waals surface area contributed by atoms with Crippen molar-refractivity contribution in [1.29, 1.82) is 0 Å². The first-order valence-corrected chi connectivity index (χ1v) is 6.21. The highest BCUT2D eigenvalue weighted by Gasteiger charge is 2.11. The molecule has 20 heavy (non-hydrogen) atoms. The number of rotatable bonds is 4. The van der Waals surface area contributed by atoms with Crippen molar-refractivity contribution in [2.24, 2.45) is 0 Å². The van der Waals surface area contributed by atoms with E-state index in [1.54, 1.807) is 30.5 Å². The molecule has 0 atom stereocenters. The van der Waals surface area contributed by atoms with Gasteiger partial charge in [0.25, 0.3) is 5.91 Å². The summed E-state index contributed by atoms with van der Waals surface area (Å²) in [6.45, 7) is 1.75. The Morgan fingerprint density at radius 3 is 2.55 bits per heavy atom. The first-order chi connectivity index (χ1) is 9.66. The second-order valence-electron chi connectivity index (χ2n) is 4.23. The van der Waals surface area contributed by atoms with Crippen molar-refractivity contribution in [3.8, 4) is 0 Å². The zero-order valence-corrected chi connectivity index (χ0v) is 11.1. The van der Waals surface area contributed by atoms with E-state index in [4.69, 9.17) is 0 Å². The zero-order valence-electron chi connectivity index (χ0n) is 11.1. The Morgan fingerprint density at radius 2 is 1.85 bits per heavy atom. The molecule has 0 unspecified atom stereocenters. The van der Waals surface area contributed by atoms with Crippen LogP contribution < -0.4 is 10.6 Å². The van der Waals surface area contributed by atoms with Gasteiger partial charge in [0, 0.05) is 13.1 Å². The van der Waals surface area contributed by atoms with E-state index in [1.807, 2.05) is 18.2 Å². The van der Waals surface area contributed by atoms with Crippen LogP contribution in [0.4, 0.5) is 5.69 Å². The third-order valence-corrected chi connectivity index (χ3v) is 2.64. The number of para-hydroxylation sites is 1. The molecule has 0 aliphatic carbocycles. The SMILES string of the molecule is CC(=O)Nc1ccccc1C(=O)NCc1ccccn1. The van der Waals surface area contributed by atoms with Crippen LogP contribution in [0.3, 0.4) is 0 Å². The summed E-state index contributed by atoms with van der Waals surface area (Å²) in [4.78, 5) is 27.4. The Bertz CT molecular complexity index is 612. The lowest BCUT2D eigenvalue weighted by molar-refractivity contribution is -0.114. The topological polar surface area (TPSA) is 71.1 Å². The molecule has 0 bridgehead atoms. The van der Waals surface area contributed by atoms with Crippen LogP contribution in [0.5, 0.6) is 0 Å². The minimum absolute atomic E-state index is 0.213. The Kier molecular flexibility index (Phi) is 4.44. The van der Waals surface area contributed by atoms with Gasteiger partial charge in [-0.2, -0.15) is 0 Å². The summed E-state index contributed by atoms with van der Waals surface area (Å²) in [6.07, 6.45) is 1.67. The molecule has 0 saturated carbocycles. The van der Waals surface area contributed by atoms with E-state index < -0.39 is 0 Å². The summed E-state index contributed by atoms with van der Waals surface area (Å²) >= 11 is 0. The van der Waals surface area contributed by atoms with Gasteiger partial charge in [0.05, 0.1) is 23.5 Å². The Labute approximate surface area is 117 Å². The van der Waals surface area contributed by atoms with E-state index in [0.29, 0.717) is 17.8 Å². The maximum absolute atomic E-state index is 12.1. The fourth-order valence-electron chi connectivity index (χ4n) is 1.75. The van der Waals surface area contributed by atoms with Crippen LogP contribution in [-0.2, 0) is 11.3 Å². The van der Waals surface area contributed by atoms with Crippen molar-refractivity contribution in [3.63, 3.8) is 0 Å². The van der Waals surface area contributed by atoms with E-state index in [0.717, 1.165) is 5.69 Å². The van der Waals surface area contributed by atoms with E-state index in [9.17, 15) is 9.59 Å². The van der Waals surface area contributed by atoms with Crippen LogP contribution in [0.15, 0.2) is 48.7 Å². The van der Waals surface area contributed by atoms with Gasteiger partial charge in [0.1, 0.15) is 0 Å². The summed E-state index contributed by atoms with van der Waals surface area (Å²) in [6, 6.07) is 12.4. The highest BCUT2D eigenvalue weighted by molar-refractivity contribution is 6.03. The molecule has 0 aliphatic rings. The van der Waals surface area contributed by atoms with Gasteiger partial charge in [0.15, 0.2) is 0 Å². The molecule has 5 heteroatoms. The van der Waals surface area contributed by atoms with E-state index in [-0.39, 0.29) is 11.8 Å². The van der Waals surface area contributed by atoms with Crippen LogP contribution in [0.1, 0.15) is 23.0 Å².